The molecule has 0 saturated heterocycles. The number of esters is 1. The lowest BCUT2D eigenvalue weighted by molar-refractivity contribution is -0.402. The first-order valence-electron chi connectivity index (χ1n) is 12.5. The molecule has 0 heterocycles. The van der Waals surface area contributed by atoms with Crippen LogP contribution in [-0.4, -0.2) is 47.4 Å². The summed E-state index contributed by atoms with van der Waals surface area (Å²) in [5.74, 6) is -3.75. The Balaban J connectivity index is 1.70. The monoisotopic (exact) mass is 495 g/mol. The molecule has 1 aliphatic carbocycles. The summed E-state index contributed by atoms with van der Waals surface area (Å²) in [6.45, 7) is -0.333. The van der Waals surface area contributed by atoms with Gasteiger partial charge in [-0.25, -0.2) is 9.59 Å². The van der Waals surface area contributed by atoms with Crippen molar-refractivity contribution in [2.45, 2.75) is 57.0 Å². The van der Waals surface area contributed by atoms with Gasteiger partial charge in [-0.3, -0.25) is 9.59 Å². The summed E-state index contributed by atoms with van der Waals surface area (Å²) < 4.78 is 5.38. The summed E-state index contributed by atoms with van der Waals surface area (Å²) in [5.41, 5.74) is 5.24. The molecular formula is C28H35N2O6+. The molecule has 0 unspecified atom stereocenters. The first-order valence-corrected chi connectivity index (χ1v) is 12.5. The predicted octanol–water partition coefficient (Wildman–Crippen LogP) is 2.42. The Morgan fingerprint density at radius 2 is 1.56 bits per heavy atom. The number of carbonyl (C=O) groups is 4. The lowest BCUT2D eigenvalue weighted by Gasteiger charge is -2.29. The van der Waals surface area contributed by atoms with Gasteiger partial charge in [-0.05, 0) is 36.5 Å². The number of amides is 1. The topological polar surface area (TPSA) is 137 Å². The Labute approximate surface area is 211 Å². The minimum atomic E-state index is -1.10. The molecule has 0 spiro atoms. The second-order valence-electron chi connectivity index (χ2n) is 9.44. The zero-order chi connectivity index (χ0) is 25.9. The Morgan fingerprint density at radius 1 is 0.944 bits per heavy atom. The van der Waals surface area contributed by atoms with Crippen molar-refractivity contribution in [3.8, 4) is 0 Å². The molecule has 3 atom stereocenters. The van der Waals surface area contributed by atoms with Crippen LogP contribution in [0.4, 0.5) is 0 Å². The van der Waals surface area contributed by atoms with Crippen molar-refractivity contribution >= 4 is 23.6 Å². The largest absolute Gasteiger partial charge is 0.480 e. The van der Waals surface area contributed by atoms with Gasteiger partial charge in [0.1, 0.15) is 18.7 Å². The smallest absolute Gasteiger partial charge is 0.338 e. The molecule has 1 aliphatic rings. The number of carbonyl (C=O) groups excluding carboxylic acids is 3. The highest BCUT2D eigenvalue weighted by atomic mass is 16.5. The summed E-state index contributed by atoms with van der Waals surface area (Å²) in [5, 5.41) is 12.4. The van der Waals surface area contributed by atoms with Crippen LogP contribution in [0.2, 0.25) is 0 Å². The van der Waals surface area contributed by atoms with Crippen LogP contribution in [-0.2, 0) is 25.5 Å². The molecule has 0 bridgehead atoms. The van der Waals surface area contributed by atoms with Gasteiger partial charge < -0.3 is 20.9 Å². The minimum Gasteiger partial charge on any atom is -0.480 e. The van der Waals surface area contributed by atoms with Crippen LogP contribution in [0.3, 0.4) is 0 Å². The van der Waals surface area contributed by atoms with E-state index in [2.05, 4.69) is 11.1 Å². The second-order valence-corrected chi connectivity index (χ2v) is 9.44. The van der Waals surface area contributed by atoms with Gasteiger partial charge in [-0.15, -0.1) is 0 Å². The molecule has 8 nitrogen and oxygen atoms in total. The summed E-state index contributed by atoms with van der Waals surface area (Å²) in [4.78, 5) is 50.7. The Kier molecular flexibility index (Phi) is 10.2. The van der Waals surface area contributed by atoms with E-state index in [9.17, 15) is 24.3 Å². The quantitative estimate of drug-likeness (QED) is 0.387. The average Bonchev–Trinajstić information content (AvgIpc) is 2.90. The third kappa shape index (κ3) is 8.02. The molecular weight excluding hydrogens is 460 g/mol. The Hall–Kier alpha value is -3.52. The van der Waals surface area contributed by atoms with Crippen LogP contribution in [0, 0.1) is 11.8 Å². The molecule has 3 rings (SSSR count). The van der Waals surface area contributed by atoms with E-state index in [1.165, 1.54) is 0 Å². The summed E-state index contributed by atoms with van der Waals surface area (Å²) >= 11 is 0. The molecule has 8 heteroatoms. The molecule has 1 saturated carbocycles. The number of carboxylic acids is 1. The number of benzene rings is 2. The lowest BCUT2D eigenvalue weighted by Crippen LogP contribution is -2.66. The van der Waals surface area contributed by atoms with Gasteiger partial charge >= 0.3 is 11.9 Å². The zero-order valence-corrected chi connectivity index (χ0v) is 20.4. The number of rotatable bonds is 12. The fourth-order valence-electron chi connectivity index (χ4n) is 4.60. The van der Waals surface area contributed by atoms with E-state index in [4.69, 9.17) is 4.74 Å². The SMILES string of the molecule is [NH3+][C@@H](Cc1ccccc1)C(=O)C[C@@H](COC(=O)c1ccccc1)C(=O)N[C@H](C(=O)O)C1CCCCC1. The molecule has 0 aromatic heterocycles. The number of aliphatic carboxylic acids is 1. The molecule has 0 radical (unpaired) electrons. The third-order valence-electron chi connectivity index (χ3n) is 6.71. The molecule has 1 amide bonds. The van der Waals surface area contributed by atoms with Crippen LogP contribution in [0.5, 0.6) is 0 Å². The molecule has 2 aromatic rings. The van der Waals surface area contributed by atoms with E-state index in [0.717, 1.165) is 37.7 Å². The van der Waals surface area contributed by atoms with Crippen molar-refractivity contribution in [3.05, 3.63) is 71.8 Å². The van der Waals surface area contributed by atoms with Gasteiger partial charge in [0.15, 0.2) is 5.78 Å². The Morgan fingerprint density at radius 3 is 2.17 bits per heavy atom. The van der Waals surface area contributed by atoms with Gasteiger partial charge in [0.2, 0.25) is 5.91 Å². The number of ketones is 1. The minimum absolute atomic E-state index is 0.165. The summed E-state index contributed by atoms with van der Waals surface area (Å²) in [7, 11) is 0. The third-order valence-corrected chi connectivity index (χ3v) is 6.71. The van der Waals surface area contributed by atoms with Crippen LogP contribution >= 0.6 is 0 Å². The number of hydrogen-bond acceptors (Lipinski definition) is 5. The maximum absolute atomic E-state index is 13.2. The molecule has 1 fully saturated rings. The van der Waals surface area contributed by atoms with Crippen molar-refractivity contribution in [1.29, 1.82) is 0 Å². The van der Waals surface area contributed by atoms with Crippen LogP contribution in [0.15, 0.2) is 60.7 Å². The molecule has 2 aromatic carbocycles. The number of Topliss-reactive ketones (excluding diaryl/α,β-unsaturated/α-hetero) is 1. The van der Waals surface area contributed by atoms with Crippen LogP contribution < -0.4 is 11.1 Å². The summed E-state index contributed by atoms with van der Waals surface area (Å²) in [6.07, 6.45) is 4.55. The van der Waals surface area contributed by atoms with Crippen LogP contribution in [0.25, 0.3) is 0 Å². The average molecular weight is 496 g/mol. The standard InChI is InChI=1S/C28H34N2O6/c29-23(16-19-10-4-1-5-11-19)24(31)17-22(18-36-28(35)21-14-8-3-9-15-21)26(32)30-25(27(33)34)20-12-6-2-7-13-20/h1,3-5,8-11,14-15,20,22-23,25H,2,6-7,12-13,16-18,29H2,(H,30,32)(H,33,34)/p+1/t22-,23-,25-/m0/s1. The predicted molar refractivity (Wildman–Crippen MR) is 133 cm³/mol. The van der Waals surface area contributed by atoms with Gasteiger partial charge in [-0.2, -0.15) is 0 Å². The summed E-state index contributed by atoms with van der Waals surface area (Å²) in [6, 6.07) is 16.2. The second kappa shape index (κ2) is 13.5. The molecule has 192 valence electrons. The van der Waals surface area contributed by atoms with Gasteiger partial charge in [-0.1, -0.05) is 67.8 Å². The maximum Gasteiger partial charge on any atom is 0.338 e. The fraction of sp³-hybridized carbons (Fsp3) is 0.429. The maximum atomic E-state index is 13.2. The van der Waals surface area contributed by atoms with Crippen molar-refractivity contribution < 1.29 is 34.8 Å². The van der Waals surface area contributed by atoms with Gasteiger partial charge in [0.05, 0.1) is 11.5 Å². The normalized spacial score (nSPS) is 16.4. The fourth-order valence-corrected chi connectivity index (χ4v) is 4.60. The molecule has 5 N–H and O–H groups in total. The van der Waals surface area contributed by atoms with E-state index in [0.29, 0.717) is 12.0 Å². The first-order chi connectivity index (χ1) is 17.3. The van der Waals surface area contributed by atoms with E-state index in [-0.39, 0.29) is 24.7 Å². The van der Waals surface area contributed by atoms with E-state index >= 15 is 0 Å². The first kappa shape index (κ1) is 27.1. The number of quaternary nitrogens is 1. The highest BCUT2D eigenvalue weighted by molar-refractivity contribution is 5.92. The molecule has 0 aliphatic heterocycles. The lowest BCUT2D eigenvalue weighted by atomic mass is 9.83. The highest BCUT2D eigenvalue weighted by Crippen LogP contribution is 2.27. The van der Waals surface area contributed by atoms with E-state index in [1.807, 2.05) is 30.3 Å². The van der Waals surface area contributed by atoms with E-state index in [1.54, 1.807) is 30.3 Å². The number of carboxylic acid groups (broad SMARTS) is 1. The zero-order valence-electron chi connectivity index (χ0n) is 20.4. The number of nitrogens with one attached hydrogen (secondary N) is 1. The number of hydrogen-bond donors (Lipinski definition) is 3. The number of ether oxygens (including phenoxy) is 1. The van der Waals surface area contributed by atoms with Crippen molar-refractivity contribution in [2.75, 3.05) is 6.61 Å². The van der Waals surface area contributed by atoms with E-state index < -0.39 is 35.8 Å². The van der Waals surface area contributed by atoms with Crippen molar-refractivity contribution in [1.82, 2.24) is 5.32 Å². The van der Waals surface area contributed by atoms with Crippen molar-refractivity contribution in [2.24, 2.45) is 11.8 Å². The Bertz CT molecular complexity index is 1020. The van der Waals surface area contributed by atoms with Gasteiger partial charge in [0.25, 0.3) is 0 Å². The molecule has 36 heavy (non-hydrogen) atoms. The van der Waals surface area contributed by atoms with Crippen LogP contribution in [0.1, 0.15) is 54.4 Å². The highest BCUT2D eigenvalue weighted by Gasteiger charge is 2.35. The van der Waals surface area contributed by atoms with Crippen molar-refractivity contribution in [3.63, 3.8) is 0 Å². The van der Waals surface area contributed by atoms with Gasteiger partial charge in [0, 0.05) is 12.8 Å².